The van der Waals surface area contributed by atoms with Gasteiger partial charge in [-0.1, -0.05) is 19.1 Å². The number of hydrogen-bond donors (Lipinski definition) is 0. The third-order valence-corrected chi connectivity index (χ3v) is 4.38. The second-order valence-corrected chi connectivity index (χ2v) is 5.91. The highest BCUT2D eigenvalue weighted by Crippen LogP contribution is 2.29. The number of nitrogens with zero attached hydrogens (tertiary/aromatic N) is 2. The fraction of sp³-hybridized carbons (Fsp3) is 0.333. The Labute approximate surface area is 106 Å². The number of sulfonamides is 1. The van der Waals surface area contributed by atoms with Gasteiger partial charge in [-0.05, 0) is 18.6 Å². The minimum absolute atomic E-state index is 0.105. The van der Waals surface area contributed by atoms with Crippen molar-refractivity contribution in [3.63, 3.8) is 0 Å². The van der Waals surface area contributed by atoms with E-state index in [1.807, 2.05) is 6.92 Å². The molecule has 0 unspecified atom stereocenters. The van der Waals surface area contributed by atoms with Crippen LogP contribution in [0.1, 0.15) is 19.8 Å². The lowest BCUT2D eigenvalue weighted by Gasteiger charge is -2.23. The molecule has 1 aromatic rings. The normalized spacial score (nSPS) is 16.4. The number of carbonyl (C=O) groups is 1. The number of fused-ring (bicyclic) bond motifs is 1. The molecule has 1 aromatic carbocycles. The predicted octanol–water partition coefficient (Wildman–Crippen LogP) is 1.72. The van der Waals surface area contributed by atoms with Crippen molar-refractivity contribution < 1.29 is 13.2 Å². The molecule has 1 heterocycles. The molecule has 0 bridgehead atoms. The zero-order valence-corrected chi connectivity index (χ0v) is 10.9. The molecule has 0 atom stereocenters. The molecule has 0 saturated heterocycles. The molecule has 2 rings (SSSR count). The van der Waals surface area contributed by atoms with Gasteiger partial charge in [0.15, 0.2) is 5.78 Å². The summed E-state index contributed by atoms with van der Waals surface area (Å²) in [6.45, 7) is 1.74. The minimum Gasteiger partial charge on any atom is -0.298 e. The molecule has 0 fully saturated rings. The van der Waals surface area contributed by atoms with E-state index in [0.717, 1.165) is 4.31 Å². The maximum Gasteiger partial charge on any atom is 0.267 e. The van der Waals surface area contributed by atoms with Crippen molar-refractivity contribution >= 4 is 27.8 Å². The second-order valence-electron chi connectivity index (χ2n) is 4.05. The van der Waals surface area contributed by atoms with Crippen molar-refractivity contribution in [1.82, 2.24) is 4.31 Å². The van der Waals surface area contributed by atoms with Crippen molar-refractivity contribution in [3.05, 3.63) is 24.3 Å². The summed E-state index contributed by atoms with van der Waals surface area (Å²) in [6.07, 6.45) is 2.30. The van der Waals surface area contributed by atoms with Crippen LogP contribution in [0, 0.1) is 0 Å². The summed E-state index contributed by atoms with van der Waals surface area (Å²) in [5.74, 6) is -0.105. The Morgan fingerprint density at radius 1 is 1.33 bits per heavy atom. The smallest absolute Gasteiger partial charge is 0.267 e. The van der Waals surface area contributed by atoms with Gasteiger partial charge in [0, 0.05) is 6.42 Å². The van der Waals surface area contributed by atoms with Crippen LogP contribution in [0.2, 0.25) is 0 Å². The van der Waals surface area contributed by atoms with E-state index in [4.69, 9.17) is 0 Å². The van der Waals surface area contributed by atoms with Crippen molar-refractivity contribution in [2.45, 2.75) is 24.7 Å². The number of rotatable bonds is 4. The van der Waals surface area contributed by atoms with Gasteiger partial charge in [0.25, 0.3) is 10.0 Å². The van der Waals surface area contributed by atoms with E-state index in [1.165, 1.54) is 12.4 Å². The molecule has 5 nitrogen and oxygen atoms in total. The van der Waals surface area contributed by atoms with Gasteiger partial charge in [-0.3, -0.25) is 4.79 Å². The number of benzene rings is 1. The standard InChI is InChI=1S/C12H14N2O3S/c1-2-5-10(15)8-14-9-13-11-6-3-4-7-12(11)18(14,16)17/h3-4,6-7,9H,2,5,8H2,1H3. The van der Waals surface area contributed by atoms with Gasteiger partial charge in [0.2, 0.25) is 0 Å². The first-order valence-corrected chi connectivity index (χ1v) is 7.16. The molecule has 1 aliphatic rings. The molecule has 0 aromatic heterocycles. The Balaban J connectivity index is 2.30. The molecule has 0 saturated carbocycles. The Morgan fingerprint density at radius 2 is 2.06 bits per heavy atom. The largest absolute Gasteiger partial charge is 0.298 e. The maximum absolute atomic E-state index is 12.2. The number of ketones is 1. The van der Waals surface area contributed by atoms with E-state index in [2.05, 4.69) is 4.99 Å². The molecule has 0 amide bonds. The number of aliphatic imine (C=N–C) groups is 1. The van der Waals surface area contributed by atoms with Crippen molar-refractivity contribution in [3.8, 4) is 0 Å². The fourth-order valence-electron chi connectivity index (χ4n) is 1.75. The highest BCUT2D eigenvalue weighted by atomic mass is 32.2. The summed E-state index contributed by atoms with van der Waals surface area (Å²) >= 11 is 0. The summed E-state index contributed by atoms with van der Waals surface area (Å²) in [4.78, 5) is 15.7. The summed E-state index contributed by atoms with van der Waals surface area (Å²) < 4.78 is 25.5. The van der Waals surface area contributed by atoms with Gasteiger partial charge in [-0.15, -0.1) is 0 Å². The predicted molar refractivity (Wildman–Crippen MR) is 68.4 cm³/mol. The first-order chi connectivity index (χ1) is 8.55. The molecule has 96 valence electrons. The molecule has 0 radical (unpaired) electrons. The third kappa shape index (κ3) is 2.28. The van der Waals surface area contributed by atoms with E-state index in [-0.39, 0.29) is 17.2 Å². The lowest BCUT2D eigenvalue weighted by atomic mass is 10.2. The number of carbonyl (C=O) groups excluding carboxylic acids is 1. The Hall–Kier alpha value is -1.69. The zero-order chi connectivity index (χ0) is 13.2. The van der Waals surface area contributed by atoms with E-state index < -0.39 is 10.0 Å². The molecule has 0 N–H and O–H groups in total. The van der Waals surface area contributed by atoms with Crippen LogP contribution in [-0.2, 0) is 14.8 Å². The summed E-state index contributed by atoms with van der Waals surface area (Å²) in [5.41, 5.74) is 0.414. The molecule has 0 spiro atoms. The van der Waals surface area contributed by atoms with Crippen LogP contribution in [0.15, 0.2) is 34.2 Å². The van der Waals surface area contributed by atoms with E-state index in [9.17, 15) is 13.2 Å². The van der Waals surface area contributed by atoms with Crippen molar-refractivity contribution in [1.29, 1.82) is 0 Å². The minimum atomic E-state index is -3.63. The van der Waals surface area contributed by atoms with Gasteiger partial charge in [0.1, 0.15) is 11.2 Å². The van der Waals surface area contributed by atoms with Crippen LogP contribution < -0.4 is 0 Å². The van der Waals surface area contributed by atoms with E-state index in [0.29, 0.717) is 18.5 Å². The molecule has 1 aliphatic heterocycles. The van der Waals surface area contributed by atoms with Crippen LogP contribution in [0.3, 0.4) is 0 Å². The monoisotopic (exact) mass is 266 g/mol. The molecule has 0 aliphatic carbocycles. The first-order valence-electron chi connectivity index (χ1n) is 5.72. The van der Waals surface area contributed by atoms with Crippen molar-refractivity contribution in [2.24, 2.45) is 4.99 Å². The first kappa shape index (κ1) is 12.8. The average Bonchev–Trinajstić information content (AvgIpc) is 2.34. The Kier molecular flexibility index (Phi) is 3.47. The van der Waals surface area contributed by atoms with Gasteiger partial charge in [0.05, 0.1) is 12.2 Å². The number of hydrogen-bond acceptors (Lipinski definition) is 4. The Morgan fingerprint density at radius 3 is 2.78 bits per heavy atom. The fourth-order valence-corrected chi connectivity index (χ4v) is 3.13. The summed E-state index contributed by atoms with van der Waals surface area (Å²) in [7, 11) is -3.63. The SMILES string of the molecule is CCCC(=O)CN1C=Nc2ccccc2S1(=O)=O. The van der Waals surface area contributed by atoms with E-state index in [1.54, 1.807) is 18.2 Å². The van der Waals surface area contributed by atoms with Crippen LogP contribution in [-0.4, -0.2) is 31.4 Å². The molecule has 6 heteroatoms. The highest BCUT2D eigenvalue weighted by Gasteiger charge is 2.29. The number of Topliss-reactive ketones (excluding diaryl/α,β-unsaturated/α-hetero) is 1. The van der Waals surface area contributed by atoms with Crippen LogP contribution >= 0.6 is 0 Å². The van der Waals surface area contributed by atoms with Crippen LogP contribution in [0.4, 0.5) is 5.69 Å². The van der Waals surface area contributed by atoms with Crippen LogP contribution in [0.5, 0.6) is 0 Å². The quantitative estimate of drug-likeness (QED) is 0.833. The maximum atomic E-state index is 12.2. The zero-order valence-electron chi connectivity index (χ0n) is 10.0. The second kappa shape index (κ2) is 4.89. The topological polar surface area (TPSA) is 66.8 Å². The van der Waals surface area contributed by atoms with Crippen molar-refractivity contribution in [2.75, 3.05) is 6.54 Å². The van der Waals surface area contributed by atoms with Crippen LogP contribution in [0.25, 0.3) is 0 Å². The highest BCUT2D eigenvalue weighted by molar-refractivity contribution is 7.89. The van der Waals surface area contributed by atoms with Gasteiger partial charge < -0.3 is 0 Å². The molecular weight excluding hydrogens is 252 g/mol. The third-order valence-electron chi connectivity index (χ3n) is 2.64. The average molecular weight is 266 g/mol. The Bertz CT molecular complexity index is 593. The molecule has 18 heavy (non-hydrogen) atoms. The van der Waals surface area contributed by atoms with Gasteiger partial charge in [-0.25, -0.2) is 17.7 Å². The summed E-state index contributed by atoms with van der Waals surface area (Å²) in [6, 6.07) is 6.50. The lowest BCUT2D eigenvalue weighted by Crippen LogP contribution is -2.36. The van der Waals surface area contributed by atoms with Gasteiger partial charge >= 0.3 is 0 Å². The molecular formula is C12H14N2O3S. The number of para-hydroxylation sites is 1. The lowest BCUT2D eigenvalue weighted by molar-refractivity contribution is -0.118. The summed E-state index contributed by atoms with van der Waals surface area (Å²) in [5, 5.41) is 0. The van der Waals surface area contributed by atoms with E-state index >= 15 is 0 Å². The van der Waals surface area contributed by atoms with Gasteiger partial charge in [-0.2, -0.15) is 0 Å².